The van der Waals surface area contributed by atoms with Gasteiger partial charge in [0.15, 0.2) is 0 Å². The minimum absolute atomic E-state index is 0.0350. The molecule has 3 rings (SSSR count). The van der Waals surface area contributed by atoms with Crippen molar-refractivity contribution < 1.29 is 9.18 Å². The highest BCUT2D eigenvalue weighted by atomic mass is 19.1. The van der Waals surface area contributed by atoms with Gasteiger partial charge in [0, 0.05) is 58.0 Å². The van der Waals surface area contributed by atoms with Crippen molar-refractivity contribution in [2.45, 2.75) is 26.7 Å². The van der Waals surface area contributed by atoms with Crippen LogP contribution in [-0.2, 0) is 12.8 Å². The number of carbonyl (C=O) groups excluding carboxylic acids is 1. The van der Waals surface area contributed by atoms with E-state index in [2.05, 4.69) is 16.8 Å². The van der Waals surface area contributed by atoms with Gasteiger partial charge in [-0.3, -0.25) is 0 Å². The topological polar surface area (TPSA) is 52.6 Å². The number of aromatic nitrogens is 2. The minimum atomic E-state index is -0.235. The maximum atomic E-state index is 13.7. The van der Waals surface area contributed by atoms with Crippen molar-refractivity contribution in [3.05, 3.63) is 52.7 Å². The molecule has 2 aromatic rings. The Labute approximate surface area is 166 Å². The van der Waals surface area contributed by atoms with E-state index >= 15 is 0 Å². The number of halogens is 1. The molecular formula is C21H28FN5O. The number of aryl methyl sites for hydroxylation is 2. The van der Waals surface area contributed by atoms with Crippen LogP contribution in [0, 0.1) is 12.7 Å². The van der Waals surface area contributed by atoms with E-state index in [-0.39, 0.29) is 11.8 Å². The van der Waals surface area contributed by atoms with Gasteiger partial charge in [0.25, 0.3) is 0 Å². The number of benzene rings is 1. The van der Waals surface area contributed by atoms with Crippen LogP contribution in [0.1, 0.15) is 29.6 Å². The van der Waals surface area contributed by atoms with Crippen molar-refractivity contribution >= 4 is 11.8 Å². The summed E-state index contributed by atoms with van der Waals surface area (Å²) in [4.78, 5) is 27.3. The first-order valence-corrected chi connectivity index (χ1v) is 9.71. The Kier molecular flexibility index (Phi) is 6.11. The normalized spacial score (nSPS) is 14.3. The number of anilines is 1. The van der Waals surface area contributed by atoms with Crippen LogP contribution in [-0.4, -0.2) is 66.1 Å². The molecule has 0 bridgehead atoms. The van der Waals surface area contributed by atoms with Gasteiger partial charge in [0.1, 0.15) is 17.5 Å². The molecule has 150 valence electrons. The molecule has 0 saturated carbocycles. The third-order valence-corrected chi connectivity index (χ3v) is 5.02. The number of carbonyl (C=O) groups is 1. The number of hydrogen-bond acceptors (Lipinski definition) is 4. The lowest BCUT2D eigenvalue weighted by atomic mass is 10.0. The summed E-state index contributed by atoms with van der Waals surface area (Å²) in [6, 6.07) is 6.72. The van der Waals surface area contributed by atoms with E-state index in [1.165, 1.54) is 6.07 Å². The van der Waals surface area contributed by atoms with E-state index in [0.717, 1.165) is 48.0 Å². The highest BCUT2D eigenvalue weighted by Crippen LogP contribution is 2.26. The average Bonchev–Trinajstić information content (AvgIpc) is 2.68. The number of amides is 2. The van der Waals surface area contributed by atoms with Crippen LogP contribution in [0.4, 0.5) is 15.0 Å². The van der Waals surface area contributed by atoms with Gasteiger partial charge in [0.05, 0.1) is 0 Å². The zero-order valence-corrected chi connectivity index (χ0v) is 17.1. The van der Waals surface area contributed by atoms with E-state index in [1.54, 1.807) is 31.1 Å². The molecule has 1 aliphatic rings. The number of hydrogen-bond donors (Lipinski definition) is 0. The van der Waals surface area contributed by atoms with Crippen LogP contribution in [0.3, 0.4) is 0 Å². The van der Waals surface area contributed by atoms with Crippen LogP contribution in [0.5, 0.6) is 0 Å². The fourth-order valence-electron chi connectivity index (χ4n) is 3.62. The van der Waals surface area contributed by atoms with Crippen LogP contribution in [0.2, 0.25) is 0 Å². The average molecular weight is 385 g/mol. The number of urea groups is 1. The summed E-state index contributed by atoms with van der Waals surface area (Å²) >= 11 is 0. The van der Waals surface area contributed by atoms with Gasteiger partial charge in [-0.2, -0.15) is 0 Å². The molecule has 2 heterocycles. The largest absolute Gasteiger partial charge is 0.353 e. The summed E-state index contributed by atoms with van der Waals surface area (Å²) < 4.78 is 13.7. The van der Waals surface area contributed by atoms with Crippen LogP contribution < -0.4 is 4.90 Å². The van der Waals surface area contributed by atoms with Crippen LogP contribution in [0.15, 0.2) is 24.3 Å². The molecule has 6 nitrogen and oxygen atoms in total. The van der Waals surface area contributed by atoms with Gasteiger partial charge in [0.2, 0.25) is 0 Å². The Morgan fingerprint density at radius 2 is 1.89 bits per heavy atom. The molecule has 0 spiro atoms. The quantitative estimate of drug-likeness (QED) is 0.812. The highest BCUT2D eigenvalue weighted by Gasteiger charge is 2.25. The second kappa shape index (κ2) is 8.54. The van der Waals surface area contributed by atoms with E-state index in [0.29, 0.717) is 19.5 Å². The van der Waals surface area contributed by atoms with Gasteiger partial charge in [-0.05, 0) is 31.0 Å². The molecule has 0 N–H and O–H groups in total. The summed E-state index contributed by atoms with van der Waals surface area (Å²) in [5.41, 5.74) is 2.95. The fourth-order valence-corrected chi connectivity index (χ4v) is 3.62. The van der Waals surface area contributed by atoms with Crippen LogP contribution >= 0.6 is 0 Å². The molecule has 1 aromatic heterocycles. The van der Waals surface area contributed by atoms with Crippen molar-refractivity contribution in [1.29, 1.82) is 0 Å². The third-order valence-electron chi connectivity index (χ3n) is 5.02. The fraction of sp³-hybridized carbons (Fsp3) is 0.476. The molecule has 0 aliphatic carbocycles. The minimum Gasteiger partial charge on any atom is -0.353 e. The Bertz CT molecular complexity index is 847. The van der Waals surface area contributed by atoms with Gasteiger partial charge in [-0.1, -0.05) is 19.1 Å². The summed E-state index contributed by atoms with van der Waals surface area (Å²) in [6.45, 7) is 6.72. The molecular weight excluding hydrogens is 357 g/mol. The van der Waals surface area contributed by atoms with Gasteiger partial charge in [-0.15, -0.1) is 0 Å². The molecule has 28 heavy (non-hydrogen) atoms. The molecule has 0 unspecified atom stereocenters. The number of piperazine rings is 1. The second-order valence-corrected chi connectivity index (χ2v) is 7.33. The molecule has 1 fully saturated rings. The standard InChI is InChI=1S/C21H28FN5O/c1-5-19-18(14-16-7-6-8-17(22)13-16)20(24-15(2)23-19)26-9-11-27(12-10-26)21(28)25(3)4/h6-8,13H,5,9-12,14H2,1-4H3. The second-order valence-electron chi connectivity index (χ2n) is 7.33. The SMILES string of the molecule is CCc1nc(C)nc(N2CCN(C(=O)N(C)C)CC2)c1Cc1cccc(F)c1. The lowest BCUT2D eigenvalue weighted by Crippen LogP contribution is -2.52. The van der Waals surface area contributed by atoms with Gasteiger partial charge < -0.3 is 14.7 Å². The summed E-state index contributed by atoms with van der Waals surface area (Å²) in [5, 5.41) is 0. The van der Waals surface area contributed by atoms with Crippen molar-refractivity contribution in [1.82, 2.24) is 19.8 Å². The predicted molar refractivity (Wildman–Crippen MR) is 108 cm³/mol. The zero-order chi connectivity index (χ0) is 20.3. The van der Waals surface area contributed by atoms with E-state index in [1.807, 2.05) is 17.9 Å². The number of rotatable bonds is 4. The Morgan fingerprint density at radius 1 is 1.18 bits per heavy atom. The molecule has 0 radical (unpaired) electrons. The first-order chi connectivity index (χ1) is 13.4. The molecule has 0 atom stereocenters. The van der Waals surface area contributed by atoms with Gasteiger partial charge >= 0.3 is 6.03 Å². The van der Waals surface area contributed by atoms with Gasteiger partial charge in [-0.25, -0.2) is 19.2 Å². The summed E-state index contributed by atoms with van der Waals surface area (Å²) in [5.74, 6) is 1.41. The molecule has 1 aromatic carbocycles. The van der Waals surface area contributed by atoms with Crippen LogP contribution in [0.25, 0.3) is 0 Å². The third kappa shape index (κ3) is 4.40. The van der Waals surface area contributed by atoms with E-state index in [4.69, 9.17) is 4.98 Å². The molecule has 1 saturated heterocycles. The van der Waals surface area contributed by atoms with Crippen molar-refractivity contribution in [3.63, 3.8) is 0 Å². The van der Waals surface area contributed by atoms with Crippen molar-refractivity contribution in [2.24, 2.45) is 0 Å². The maximum absolute atomic E-state index is 13.7. The smallest absolute Gasteiger partial charge is 0.319 e. The molecule has 7 heteroatoms. The first kappa shape index (κ1) is 20.0. The van der Waals surface area contributed by atoms with Crippen molar-refractivity contribution in [2.75, 3.05) is 45.2 Å². The molecule has 2 amide bonds. The monoisotopic (exact) mass is 385 g/mol. The lowest BCUT2D eigenvalue weighted by molar-refractivity contribution is 0.168. The Balaban J connectivity index is 1.88. The molecule has 1 aliphatic heterocycles. The van der Waals surface area contributed by atoms with Crippen molar-refractivity contribution in [3.8, 4) is 0 Å². The Hall–Kier alpha value is -2.70. The number of nitrogens with zero attached hydrogens (tertiary/aromatic N) is 5. The highest BCUT2D eigenvalue weighted by molar-refractivity contribution is 5.74. The first-order valence-electron chi connectivity index (χ1n) is 9.71. The zero-order valence-electron chi connectivity index (χ0n) is 17.1. The predicted octanol–water partition coefficient (Wildman–Crippen LogP) is 2.88. The van der Waals surface area contributed by atoms with E-state index in [9.17, 15) is 9.18 Å². The maximum Gasteiger partial charge on any atom is 0.319 e. The van der Waals surface area contributed by atoms with E-state index < -0.39 is 0 Å². The summed E-state index contributed by atoms with van der Waals surface area (Å²) in [7, 11) is 3.54. The Morgan fingerprint density at radius 3 is 2.50 bits per heavy atom. The summed E-state index contributed by atoms with van der Waals surface area (Å²) in [6.07, 6.45) is 1.38. The lowest BCUT2D eigenvalue weighted by Gasteiger charge is -2.37.